The number of hydrogen-bond donors (Lipinski definition) is 2. The number of fused-ring (bicyclic) bond motifs is 2. The summed E-state index contributed by atoms with van der Waals surface area (Å²) in [7, 11) is 1.26. The monoisotopic (exact) mass is 270 g/mol. The normalized spacial score (nSPS) is 10.8. The molecule has 0 atom stereocenters. The first kappa shape index (κ1) is 12.2. The number of nitrogens with zero attached hydrogens (tertiary/aromatic N) is 2. The molecule has 0 bridgehead atoms. The topological polar surface area (TPSA) is 92.5 Å². The smallest absolute Gasteiger partial charge is 0.340 e. The molecule has 0 aliphatic carbocycles. The highest BCUT2D eigenvalue weighted by molar-refractivity contribution is 6.05. The van der Waals surface area contributed by atoms with Gasteiger partial charge in [-0.05, 0) is 24.3 Å². The highest BCUT2D eigenvalue weighted by Gasteiger charge is 2.16. The molecule has 3 aromatic rings. The Kier molecular flexibility index (Phi) is 2.64. The fourth-order valence-electron chi connectivity index (χ4n) is 2.02. The van der Waals surface area contributed by atoms with Crippen LogP contribution in [0, 0.1) is 0 Å². The van der Waals surface area contributed by atoms with Crippen molar-refractivity contribution in [3.63, 3.8) is 0 Å². The van der Waals surface area contributed by atoms with Crippen LogP contribution in [0.5, 0.6) is 11.5 Å². The fraction of sp³-hybridized carbons (Fsp3) is 0.0714. The van der Waals surface area contributed by atoms with Gasteiger partial charge in [0.05, 0.1) is 18.2 Å². The van der Waals surface area contributed by atoms with E-state index in [1.54, 1.807) is 12.1 Å². The SMILES string of the molecule is COC(=O)c1ccc(O)c2nc3cccc(O)c3nc12. The lowest BCUT2D eigenvalue weighted by Crippen LogP contribution is -2.04. The van der Waals surface area contributed by atoms with Crippen LogP contribution in [0.2, 0.25) is 0 Å². The maximum Gasteiger partial charge on any atom is 0.340 e. The zero-order valence-corrected chi connectivity index (χ0v) is 10.5. The van der Waals surface area contributed by atoms with Crippen molar-refractivity contribution in [1.29, 1.82) is 0 Å². The van der Waals surface area contributed by atoms with Crippen molar-refractivity contribution in [1.82, 2.24) is 9.97 Å². The molecule has 0 radical (unpaired) electrons. The number of carbonyl (C=O) groups excluding carboxylic acids is 1. The molecule has 0 aliphatic rings. The number of aromatic hydroxyl groups is 2. The van der Waals surface area contributed by atoms with Crippen LogP contribution in [-0.4, -0.2) is 33.3 Å². The number of methoxy groups -OCH3 is 1. The number of esters is 1. The minimum absolute atomic E-state index is 0.0453. The second-order valence-corrected chi connectivity index (χ2v) is 4.19. The van der Waals surface area contributed by atoms with Gasteiger partial charge in [-0.1, -0.05) is 6.07 Å². The fourth-order valence-corrected chi connectivity index (χ4v) is 2.02. The van der Waals surface area contributed by atoms with Gasteiger partial charge in [0, 0.05) is 0 Å². The summed E-state index contributed by atoms with van der Waals surface area (Å²) in [6.45, 7) is 0. The number of ether oxygens (including phenoxy) is 1. The minimum Gasteiger partial charge on any atom is -0.506 e. The Hall–Kier alpha value is -2.89. The maximum atomic E-state index is 11.7. The first-order chi connectivity index (χ1) is 9.61. The quantitative estimate of drug-likeness (QED) is 0.519. The molecular formula is C14H10N2O4. The highest BCUT2D eigenvalue weighted by Crippen LogP contribution is 2.29. The molecule has 2 aromatic carbocycles. The van der Waals surface area contributed by atoms with E-state index in [4.69, 9.17) is 0 Å². The lowest BCUT2D eigenvalue weighted by atomic mass is 10.1. The van der Waals surface area contributed by atoms with E-state index < -0.39 is 5.97 Å². The van der Waals surface area contributed by atoms with Gasteiger partial charge < -0.3 is 14.9 Å². The third kappa shape index (κ3) is 1.70. The van der Waals surface area contributed by atoms with Crippen molar-refractivity contribution < 1.29 is 19.7 Å². The van der Waals surface area contributed by atoms with Gasteiger partial charge in [0.15, 0.2) is 0 Å². The summed E-state index contributed by atoms with van der Waals surface area (Å²) in [5.41, 5.74) is 1.24. The van der Waals surface area contributed by atoms with E-state index in [-0.39, 0.29) is 33.6 Å². The van der Waals surface area contributed by atoms with Crippen molar-refractivity contribution in [3.05, 3.63) is 35.9 Å². The predicted octanol–water partition coefficient (Wildman–Crippen LogP) is 1.98. The highest BCUT2D eigenvalue weighted by atomic mass is 16.5. The summed E-state index contributed by atoms with van der Waals surface area (Å²) in [5, 5.41) is 19.7. The zero-order valence-electron chi connectivity index (χ0n) is 10.5. The second kappa shape index (κ2) is 4.34. The zero-order chi connectivity index (χ0) is 14.3. The summed E-state index contributed by atoms with van der Waals surface area (Å²) in [6.07, 6.45) is 0. The second-order valence-electron chi connectivity index (χ2n) is 4.19. The Morgan fingerprint density at radius 3 is 2.50 bits per heavy atom. The molecule has 6 heteroatoms. The van der Waals surface area contributed by atoms with E-state index in [1.165, 1.54) is 25.3 Å². The Balaban J connectivity index is 2.48. The van der Waals surface area contributed by atoms with E-state index >= 15 is 0 Å². The van der Waals surface area contributed by atoms with Gasteiger partial charge in [-0.2, -0.15) is 0 Å². The molecule has 0 saturated heterocycles. The van der Waals surface area contributed by atoms with Crippen LogP contribution in [0.15, 0.2) is 30.3 Å². The largest absolute Gasteiger partial charge is 0.506 e. The van der Waals surface area contributed by atoms with Crippen molar-refractivity contribution in [3.8, 4) is 11.5 Å². The van der Waals surface area contributed by atoms with Crippen LogP contribution >= 0.6 is 0 Å². The Morgan fingerprint density at radius 2 is 1.75 bits per heavy atom. The van der Waals surface area contributed by atoms with Gasteiger partial charge >= 0.3 is 5.97 Å². The average molecular weight is 270 g/mol. The molecule has 0 unspecified atom stereocenters. The number of aromatic nitrogens is 2. The summed E-state index contributed by atoms with van der Waals surface area (Å²) < 4.78 is 4.68. The van der Waals surface area contributed by atoms with Crippen molar-refractivity contribution >= 4 is 28.0 Å². The van der Waals surface area contributed by atoms with Gasteiger partial charge in [-0.15, -0.1) is 0 Å². The number of hydrogen-bond acceptors (Lipinski definition) is 6. The molecule has 0 aliphatic heterocycles. The average Bonchev–Trinajstić information content (AvgIpc) is 2.46. The van der Waals surface area contributed by atoms with Crippen LogP contribution in [0.25, 0.3) is 22.1 Å². The number of phenols is 2. The van der Waals surface area contributed by atoms with E-state index in [2.05, 4.69) is 14.7 Å². The molecule has 6 nitrogen and oxygen atoms in total. The van der Waals surface area contributed by atoms with Crippen LogP contribution in [-0.2, 0) is 4.74 Å². The summed E-state index contributed by atoms with van der Waals surface area (Å²) in [4.78, 5) is 20.2. The number of carbonyl (C=O) groups is 1. The van der Waals surface area contributed by atoms with Crippen molar-refractivity contribution in [2.75, 3.05) is 7.11 Å². The molecule has 1 aromatic heterocycles. The molecule has 2 N–H and O–H groups in total. The minimum atomic E-state index is -0.584. The summed E-state index contributed by atoms with van der Waals surface area (Å²) in [5.74, 6) is -0.722. The molecule has 0 saturated carbocycles. The van der Waals surface area contributed by atoms with Crippen LogP contribution in [0.1, 0.15) is 10.4 Å². The van der Waals surface area contributed by atoms with Crippen molar-refractivity contribution in [2.24, 2.45) is 0 Å². The number of phenolic OH excluding ortho intramolecular Hbond substituents is 2. The van der Waals surface area contributed by atoms with Gasteiger partial charge in [-0.3, -0.25) is 0 Å². The third-order valence-electron chi connectivity index (χ3n) is 2.98. The molecule has 20 heavy (non-hydrogen) atoms. The first-order valence-corrected chi connectivity index (χ1v) is 5.81. The van der Waals surface area contributed by atoms with Gasteiger partial charge in [0.2, 0.25) is 0 Å². The third-order valence-corrected chi connectivity index (χ3v) is 2.98. The van der Waals surface area contributed by atoms with E-state index in [9.17, 15) is 15.0 Å². The summed E-state index contributed by atoms with van der Waals surface area (Å²) in [6, 6.07) is 7.52. The Bertz CT molecular complexity index is 845. The predicted molar refractivity (Wildman–Crippen MR) is 71.7 cm³/mol. The molecule has 1 heterocycles. The molecule has 3 rings (SSSR count). The molecular weight excluding hydrogens is 260 g/mol. The molecule has 0 fully saturated rings. The number of para-hydroxylation sites is 1. The standard InChI is InChI=1S/C14H10N2O4/c1-20-14(19)7-5-6-10(18)13-11(7)16-12-8(15-13)3-2-4-9(12)17/h2-6,17-18H,1H3. The number of rotatable bonds is 1. The van der Waals surface area contributed by atoms with Crippen LogP contribution in [0.4, 0.5) is 0 Å². The lowest BCUT2D eigenvalue weighted by molar-refractivity contribution is 0.0603. The molecule has 0 spiro atoms. The van der Waals surface area contributed by atoms with Crippen LogP contribution < -0.4 is 0 Å². The van der Waals surface area contributed by atoms with Gasteiger partial charge in [0.25, 0.3) is 0 Å². The molecule has 100 valence electrons. The van der Waals surface area contributed by atoms with Gasteiger partial charge in [0.1, 0.15) is 28.0 Å². The first-order valence-electron chi connectivity index (χ1n) is 5.81. The maximum absolute atomic E-state index is 11.7. The van der Waals surface area contributed by atoms with Crippen molar-refractivity contribution in [2.45, 2.75) is 0 Å². The Labute approximate surface area is 113 Å². The number of benzene rings is 2. The van der Waals surface area contributed by atoms with Gasteiger partial charge in [-0.25, -0.2) is 14.8 Å². The van der Waals surface area contributed by atoms with E-state index in [0.717, 1.165) is 0 Å². The summed E-state index contributed by atoms with van der Waals surface area (Å²) >= 11 is 0. The van der Waals surface area contributed by atoms with E-state index in [1.807, 2.05) is 0 Å². The molecule has 0 amide bonds. The Morgan fingerprint density at radius 1 is 1.00 bits per heavy atom. The van der Waals surface area contributed by atoms with E-state index in [0.29, 0.717) is 5.52 Å². The van der Waals surface area contributed by atoms with Crippen LogP contribution in [0.3, 0.4) is 0 Å². The lowest BCUT2D eigenvalue weighted by Gasteiger charge is -2.07.